The summed E-state index contributed by atoms with van der Waals surface area (Å²) in [4.78, 5) is 11.8. The van der Waals surface area contributed by atoms with Crippen molar-refractivity contribution < 1.29 is 19.0 Å². The van der Waals surface area contributed by atoms with Crippen LogP contribution in [0.25, 0.3) is 6.08 Å². The highest BCUT2D eigenvalue weighted by atomic mass is 79.9. The Morgan fingerprint density at radius 3 is 2.61 bits per heavy atom. The molecule has 0 bridgehead atoms. The first-order valence-electron chi connectivity index (χ1n) is 6.94. The van der Waals surface area contributed by atoms with Crippen molar-refractivity contribution in [2.45, 2.75) is 6.61 Å². The number of carbonyl (C=O) groups is 1. The lowest BCUT2D eigenvalue weighted by Crippen LogP contribution is -2.03. The highest BCUT2D eigenvalue weighted by Gasteiger charge is 2.10. The van der Waals surface area contributed by atoms with Gasteiger partial charge in [-0.25, -0.2) is 4.79 Å². The van der Waals surface area contributed by atoms with Crippen molar-refractivity contribution in [3.63, 3.8) is 0 Å². The summed E-state index contributed by atoms with van der Waals surface area (Å²) in [6.07, 6.45) is 3.10. The van der Waals surface area contributed by atoms with E-state index in [9.17, 15) is 4.79 Å². The van der Waals surface area contributed by atoms with Gasteiger partial charge in [-0.1, -0.05) is 40.2 Å². The third kappa shape index (κ3) is 4.86. The molecule has 5 heteroatoms. The average molecular weight is 377 g/mol. The molecule has 2 rings (SSSR count). The Bertz CT molecular complexity index is 710. The maximum atomic E-state index is 11.8. The van der Waals surface area contributed by atoms with E-state index >= 15 is 0 Å². The van der Waals surface area contributed by atoms with Gasteiger partial charge in [0, 0.05) is 16.1 Å². The standard InChI is InChI=1S/C18H17BrO4/c1-21-16-8-4-6-14(18(16)22-2)12-23-17(20)10-9-13-5-3-7-15(19)11-13/h3-11H,12H2,1-2H3/b10-9+. The van der Waals surface area contributed by atoms with E-state index in [-0.39, 0.29) is 6.61 Å². The first-order chi connectivity index (χ1) is 11.1. The zero-order chi connectivity index (χ0) is 16.7. The summed E-state index contributed by atoms with van der Waals surface area (Å²) >= 11 is 3.38. The van der Waals surface area contributed by atoms with E-state index in [1.54, 1.807) is 26.4 Å². The van der Waals surface area contributed by atoms with E-state index in [4.69, 9.17) is 14.2 Å². The van der Waals surface area contributed by atoms with Crippen LogP contribution in [0.2, 0.25) is 0 Å². The summed E-state index contributed by atoms with van der Waals surface area (Å²) in [5.41, 5.74) is 1.66. The predicted molar refractivity (Wildman–Crippen MR) is 92.5 cm³/mol. The molecule has 0 aliphatic heterocycles. The van der Waals surface area contributed by atoms with Crippen molar-refractivity contribution in [2.75, 3.05) is 14.2 Å². The van der Waals surface area contributed by atoms with Crippen LogP contribution in [0, 0.1) is 0 Å². The molecule has 0 heterocycles. The third-order valence-corrected chi connectivity index (χ3v) is 3.61. The SMILES string of the molecule is COc1cccc(COC(=O)/C=C/c2cccc(Br)c2)c1OC. The molecule has 0 unspecified atom stereocenters. The molecule has 0 aromatic heterocycles. The summed E-state index contributed by atoms with van der Waals surface area (Å²) in [5, 5.41) is 0. The van der Waals surface area contributed by atoms with Crippen LogP contribution in [0.1, 0.15) is 11.1 Å². The number of halogens is 1. The second-order valence-electron chi connectivity index (χ2n) is 4.65. The number of benzene rings is 2. The van der Waals surface area contributed by atoms with Crippen molar-refractivity contribution >= 4 is 28.0 Å². The van der Waals surface area contributed by atoms with E-state index in [0.717, 1.165) is 15.6 Å². The number of hydrogen-bond acceptors (Lipinski definition) is 4. The number of rotatable bonds is 6. The van der Waals surface area contributed by atoms with Gasteiger partial charge in [0.05, 0.1) is 14.2 Å². The summed E-state index contributed by atoms with van der Waals surface area (Å²) in [6, 6.07) is 13.1. The second kappa shape index (κ2) is 8.39. The maximum absolute atomic E-state index is 11.8. The lowest BCUT2D eigenvalue weighted by Gasteiger charge is -2.12. The molecule has 120 valence electrons. The summed E-state index contributed by atoms with van der Waals surface area (Å²) in [7, 11) is 3.12. The van der Waals surface area contributed by atoms with Crippen molar-refractivity contribution in [2.24, 2.45) is 0 Å². The number of ether oxygens (including phenoxy) is 3. The zero-order valence-corrected chi connectivity index (χ0v) is 14.5. The summed E-state index contributed by atoms with van der Waals surface area (Å²) in [6.45, 7) is 0.113. The van der Waals surface area contributed by atoms with Crippen LogP contribution in [-0.2, 0) is 16.1 Å². The van der Waals surface area contributed by atoms with Gasteiger partial charge >= 0.3 is 5.97 Å². The zero-order valence-electron chi connectivity index (χ0n) is 12.9. The Kier molecular flexibility index (Phi) is 6.23. The molecule has 0 aliphatic rings. The van der Waals surface area contributed by atoms with Gasteiger partial charge in [-0.15, -0.1) is 0 Å². The maximum Gasteiger partial charge on any atom is 0.331 e. The molecule has 0 atom stereocenters. The van der Waals surface area contributed by atoms with Crippen molar-refractivity contribution in [3.05, 3.63) is 64.1 Å². The molecule has 0 N–H and O–H groups in total. The van der Waals surface area contributed by atoms with E-state index in [2.05, 4.69) is 15.9 Å². The molecular formula is C18H17BrO4. The van der Waals surface area contributed by atoms with E-state index in [1.807, 2.05) is 36.4 Å². The van der Waals surface area contributed by atoms with Gasteiger partial charge in [-0.2, -0.15) is 0 Å². The van der Waals surface area contributed by atoms with Crippen molar-refractivity contribution in [1.82, 2.24) is 0 Å². The fourth-order valence-corrected chi connectivity index (χ4v) is 2.46. The molecule has 0 amide bonds. The average Bonchev–Trinajstić information content (AvgIpc) is 2.57. The first-order valence-corrected chi connectivity index (χ1v) is 7.73. The van der Waals surface area contributed by atoms with Crippen molar-refractivity contribution in [3.8, 4) is 11.5 Å². The number of carbonyl (C=O) groups excluding carboxylic acids is 1. The van der Waals surface area contributed by atoms with Crippen LogP contribution in [0.3, 0.4) is 0 Å². The molecule has 0 spiro atoms. The van der Waals surface area contributed by atoms with Gasteiger partial charge in [0.15, 0.2) is 11.5 Å². The molecule has 4 nitrogen and oxygen atoms in total. The van der Waals surface area contributed by atoms with E-state index in [1.165, 1.54) is 6.08 Å². The highest BCUT2D eigenvalue weighted by Crippen LogP contribution is 2.31. The van der Waals surface area contributed by atoms with Gasteiger partial charge in [0.2, 0.25) is 0 Å². The Hall–Kier alpha value is -2.27. The molecule has 23 heavy (non-hydrogen) atoms. The minimum atomic E-state index is -0.421. The Morgan fingerprint density at radius 1 is 1.13 bits per heavy atom. The topological polar surface area (TPSA) is 44.8 Å². The van der Waals surface area contributed by atoms with E-state index < -0.39 is 5.97 Å². The molecule has 0 radical (unpaired) electrons. The molecule has 0 aliphatic carbocycles. The summed E-state index contributed by atoms with van der Waals surface area (Å²) in [5.74, 6) is 0.749. The lowest BCUT2D eigenvalue weighted by molar-refractivity contribution is -0.138. The molecule has 0 fully saturated rings. The largest absolute Gasteiger partial charge is 0.493 e. The minimum absolute atomic E-state index is 0.113. The minimum Gasteiger partial charge on any atom is -0.493 e. The van der Waals surface area contributed by atoms with Gasteiger partial charge in [-0.05, 0) is 29.8 Å². The Labute approximate surface area is 143 Å². The van der Waals surface area contributed by atoms with Gasteiger partial charge in [0.1, 0.15) is 6.61 Å². The Morgan fingerprint density at radius 2 is 1.91 bits per heavy atom. The van der Waals surface area contributed by atoms with Gasteiger partial charge in [-0.3, -0.25) is 0 Å². The molecule has 2 aromatic rings. The monoisotopic (exact) mass is 376 g/mol. The van der Waals surface area contributed by atoms with Gasteiger partial charge in [0.25, 0.3) is 0 Å². The molecule has 0 saturated carbocycles. The normalized spacial score (nSPS) is 10.6. The Balaban J connectivity index is 1.99. The van der Waals surface area contributed by atoms with Gasteiger partial charge < -0.3 is 14.2 Å². The van der Waals surface area contributed by atoms with Crippen LogP contribution in [0.15, 0.2) is 53.0 Å². The molecule has 2 aromatic carbocycles. The number of methoxy groups -OCH3 is 2. The van der Waals surface area contributed by atoms with Crippen LogP contribution in [0.4, 0.5) is 0 Å². The van der Waals surface area contributed by atoms with Crippen LogP contribution in [-0.4, -0.2) is 20.2 Å². The quantitative estimate of drug-likeness (QED) is 0.559. The fourth-order valence-electron chi connectivity index (χ4n) is 2.04. The third-order valence-electron chi connectivity index (χ3n) is 3.11. The fraction of sp³-hybridized carbons (Fsp3) is 0.167. The highest BCUT2D eigenvalue weighted by molar-refractivity contribution is 9.10. The lowest BCUT2D eigenvalue weighted by atomic mass is 10.2. The second-order valence-corrected chi connectivity index (χ2v) is 5.56. The number of esters is 1. The first kappa shape index (κ1) is 17.1. The molecular weight excluding hydrogens is 360 g/mol. The summed E-state index contributed by atoms with van der Waals surface area (Å²) < 4.78 is 16.7. The predicted octanol–water partition coefficient (Wildman–Crippen LogP) is 4.22. The van der Waals surface area contributed by atoms with E-state index in [0.29, 0.717) is 11.5 Å². The molecule has 0 saturated heterocycles. The smallest absolute Gasteiger partial charge is 0.331 e. The van der Waals surface area contributed by atoms with Crippen LogP contribution >= 0.6 is 15.9 Å². The number of para-hydroxylation sites is 1. The van der Waals surface area contributed by atoms with Crippen LogP contribution in [0.5, 0.6) is 11.5 Å². The van der Waals surface area contributed by atoms with Crippen LogP contribution < -0.4 is 9.47 Å². The van der Waals surface area contributed by atoms with Crippen molar-refractivity contribution in [1.29, 1.82) is 0 Å². The number of hydrogen-bond donors (Lipinski definition) is 0.